The van der Waals surface area contributed by atoms with Gasteiger partial charge in [0.05, 0.1) is 11.6 Å². The summed E-state index contributed by atoms with van der Waals surface area (Å²) in [5, 5.41) is 15.6. The van der Waals surface area contributed by atoms with E-state index in [2.05, 4.69) is 27.2 Å². The van der Waals surface area contributed by atoms with Crippen molar-refractivity contribution < 1.29 is 23.5 Å². The summed E-state index contributed by atoms with van der Waals surface area (Å²) < 4.78 is 26.4. The number of hydrogen-bond acceptors (Lipinski definition) is 5. The highest BCUT2D eigenvalue weighted by atomic mass is 19.3. The van der Waals surface area contributed by atoms with Gasteiger partial charge >= 0.3 is 0 Å². The van der Waals surface area contributed by atoms with Gasteiger partial charge in [-0.1, -0.05) is 25.7 Å². The third kappa shape index (κ3) is 5.20. The number of aliphatic hydroxyl groups excluding tert-OH is 1. The van der Waals surface area contributed by atoms with Crippen LogP contribution in [-0.2, 0) is 4.79 Å². The number of amides is 2. The number of nitrogens with one attached hydrogen (secondary N) is 2. The number of anilines is 1. The molecule has 9 heteroatoms. The predicted molar refractivity (Wildman–Crippen MR) is 127 cm³/mol. The quantitative estimate of drug-likeness (QED) is 0.500. The minimum Gasteiger partial charge on any atom is -0.388 e. The molecule has 2 aromatic heterocycles. The summed E-state index contributed by atoms with van der Waals surface area (Å²) in [5.74, 6) is -5.47. The van der Waals surface area contributed by atoms with Crippen molar-refractivity contribution in [3.05, 3.63) is 59.5 Å². The van der Waals surface area contributed by atoms with Crippen LogP contribution in [0.2, 0.25) is 0 Å². The molecule has 0 aliphatic heterocycles. The molecule has 0 radical (unpaired) electrons. The molecule has 3 N–H and O–H groups in total. The molecule has 0 spiro atoms. The van der Waals surface area contributed by atoms with Crippen molar-refractivity contribution >= 4 is 34.1 Å². The summed E-state index contributed by atoms with van der Waals surface area (Å²) in [6.07, 6.45) is 4.45. The Hall–Kier alpha value is -3.46. The molecule has 1 aliphatic carbocycles. The number of pyridine rings is 2. The summed E-state index contributed by atoms with van der Waals surface area (Å²) in [4.78, 5) is 33.3. The molecule has 0 aromatic carbocycles. The van der Waals surface area contributed by atoms with E-state index in [1.165, 1.54) is 19.3 Å². The van der Waals surface area contributed by atoms with Crippen LogP contribution in [0, 0.1) is 5.92 Å². The van der Waals surface area contributed by atoms with Gasteiger partial charge in [-0.3, -0.25) is 9.59 Å². The second kappa shape index (κ2) is 9.80. The number of rotatable bonds is 8. The van der Waals surface area contributed by atoms with Gasteiger partial charge < -0.3 is 15.7 Å². The molecule has 34 heavy (non-hydrogen) atoms. The largest absolute Gasteiger partial charge is 0.388 e. The number of nitrogens with zero attached hydrogens (tertiary/aromatic N) is 2. The lowest BCUT2D eigenvalue weighted by Crippen LogP contribution is -2.21. The summed E-state index contributed by atoms with van der Waals surface area (Å²) in [6, 6.07) is 3.20. The molecule has 2 unspecified atom stereocenters. The van der Waals surface area contributed by atoms with Crippen LogP contribution in [0.3, 0.4) is 0 Å². The maximum atomic E-state index is 13.2. The zero-order valence-corrected chi connectivity index (χ0v) is 19.6. The van der Waals surface area contributed by atoms with Gasteiger partial charge in [0.2, 0.25) is 5.91 Å². The van der Waals surface area contributed by atoms with Gasteiger partial charge in [0.15, 0.2) is 0 Å². The van der Waals surface area contributed by atoms with Crippen LogP contribution in [0.15, 0.2) is 48.2 Å². The molecule has 2 amide bonds. The molecular weight excluding hydrogens is 442 g/mol. The van der Waals surface area contributed by atoms with Crippen molar-refractivity contribution in [3.8, 4) is 0 Å². The Morgan fingerprint density at radius 1 is 1.38 bits per heavy atom. The van der Waals surface area contributed by atoms with E-state index in [1.807, 2.05) is 26.8 Å². The lowest BCUT2D eigenvalue weighted by atomic mass is 9.93. The molecule has 3 rings (SSSR count). The highest BCUT2D eigenvalue weighted by Crippen LogP contribution is 2.49. The molecular formula is C25H28F2N4O3. The first-order valence-corrected chi connectivity index (χ1v) is 11.0. The number of fused-ring (bicyclic) bond motifs is 1. The summed E-state index contributed by atoms with van der Waals surface area (Å²) in [7, 11) is 1.49. The van der Waals surface area contributed by atoms with Gasteiger partial charge in [-0.05, 0) is 43.1 Å². The monoisotopic (exact) mass is 470 g/mol. The number of halogens is 2. The van der Waals surface area contributed by atoms with E-state index in [0.717, 1.165) is 11.1 Å². The van der Waals surface area contributed by atoms with Gasteiger partial charge in [-0.2, -0.15) is 0 Å². The van der Waals surface area contributed by atoms with Crippen LogP contribution >= 0.6 is 0 Å². The number of allylic oxidation sites excluding steroid dienone is 3. The van der Waals surface area contributed by atoms with Crippen LogP contribution < -0.4 is 10.6 Å². The average molecular weight is 471 g/mol. The second-order valence-corrected chi connectivity index (χ2v) is 8.26. The molecule has 1 saturated carbocycles. The van der Waals surface area contributed by atoms with E-state index >= 15 is 0 Å². The Kier molecular flexibility index (Phi) is 7.26. The number of carbonyl (C=O) groups is 2. The standard InChI is InChI=1S/C25H28F2N4O3/c1-6-16(13(3)8-14(4)20(32)7-2)17-9-15-12-29-21(31-23(33)18-11-25(18,26)27)10-19(15)30-22(17)24(34)28-5/h6,8-10,12,18,20,32H,4,7,11H2,1-3,5H3,(H,28,34)(H,29,31,33)/b13-8-,16-6+. The Morgan fingerprint density at radius 3 is 2.62 bits per heavy atom. The first-order chi connectivity index (χ1) is 16.0. The van der Waals surface area contributed by atoms with Gasteiger partial charge in [0.25, 0.3) is 11.8 Å². The predicted octanol–water partition coefficient (Wildman–Crippen LogP) is 4.26. The Bertz CT molecular complexity index is 1220. The fraction of sp³-hybridized carbons (Fsp3) is 0.360. The first kappa shape index (κ1) is 25.2. The number of aromatic nitrogens is 2. The molecule has 7 nitrogen and oxygen atoms in total. The third-order valence-corrected chi connectivity index (χ3v) is 5.76. The van der Waals surface area contributed by atoms with Crippen molar-refractivity contribution in [1.82, 2.24) is 15.3 Å². The van der Waals surface area contributed by atoms with Crippen LogP contribution in [0.5, 0.6) is 0 Å². The van der Waals surface area contributed by atoms with E-state index in [0.29, 0.717) is 28.5 Å². The van der Waals surface area contributed by atoms with Crippen LogP contribution in [0.25, 0.3) is 16.5 Å². The topological polar surface area (TPSA) is 104 Å². The van der Waals surface area contributed by atoms with Crippen LogP contribution in [-0.4, -0.2) is 46.0 Å². The maximum Gasteiger partial charge on any atom is 0.270 e. The maximum absolute atomic E-state index is 13.2. The normalized spacial score (nSPS) is 18.4. The number of hydrogen-bond donors (Lipinski definition) is 3. The van der Waals surface area contributed by atoms with Crippen LogP contribution in [0.1, 0.15) is 49.7 Å². The van der Waals surface area contributed by atoms with E-state index < -0.39 is 36.2 Å². The number of carbonyl (C=O) groups excluding carboxylic acids is 2. The van der Waals surface area contributed by atoms with E-state index in [1.54, 1.807) is 12.1 Å². The molecule has 2 heterocycles. The Labute approximate surface area is 196 Å². The van der Waals surface area contributed by atoms with Gasteiger partial charge in [-0.15, -0.1) is 0 Å². The van der Waals surface area contributed by atoms with Crippen molar-refractivity contribution in [3.63, 3.8) is 0 Å². The first-order valence-electron chi connectivity index (χ1n) is 11.0. The van der Waals surface area contributed by atoms with E-state index in [9.17, 15) is 23.5 Å². The minimum atomic E-state index is -2.98. The van der Waals surface area contributed by atoms with Crippen molar-refractivity contribution in [1.29, 1.82) is 0 Å². The van der Waals surface area contributed by atoms with Crippen molar-refractivity contribution in [2.24, 2.45) is 5.92 Å². The third-order valence-electron chi connectivity index (χ3n) is 5.76. The lowest BCUT2D eigenvalue weighted by molar-refractivity contribution is -0.119. The van der Waals surface area contributed by atoms with Crippen molar-refractivity contribution in [2.45, 2.75) is 45.6 Å². The zero-order valence-electron chi connectivity index (χ0n) is 19.6. The smallest absolute Gasteiger partial charge is 0.270 e. The molecule has 2 atom stereocenters. The highest BCUT2D eigenvalue weighted by molar-refractivity contribution is 6.02. The summed E-state index contributed by atoms with van der Waals surface area (Å²) >= 11 is 0. The summed E-state index contributed by atoms with van der Waals surface area (Å²) in [6.45, 7) is 9.45. The Balaban J connectivity index is 2.02. The molecule has 0 saturated heterocycles. The average Bonchev–Trinajstić information content (AvgIpc) is 3.46. The molecule has 1 aliphatic rings. The van der Waals surface area contributed by atoms with E-state index in [4.69, 9.17) is 0 Å². The zero-order chi connectivity index (χ0) is 25.2. The number of aliphatic hydroxyl groups is 1. The SMILES string of the molecule is C=C(/C=C(C)\C(=C/C)c1cc2cnc(NC(=O)C3CC3(F)F)cc2nc1C(=O)NC)C(O)CC. The Morgan fingerprint density at radius 2 is 2.06 bits per heavy atom. The van der Waals surface area contributed by atoms with Gasteiger partial charge in [0.1, 0.15) is 17.4 Å². The second-order valence-electron chi connectivity index (χ2n) is 8.26. The van der Waals surface area contributed by atoms with Crippen molar-refractivity contribution in [2.75, 3.05) is 12.4 Å². The molecule has 1 fully saturated rings. The minimum absolute atomic E-state index is 0.0792. The molecule has 0 bridgehead atoms. The van der Waals surface area contributed by atoms with E-state index in [-0.39, 0.29) is 11.5 Å². The van der Waals surface area contributed by atoms with Gasteiger partial charge in [-0.25, -0.2) is 18.7 Å². The number of alkyl halides is 2. The lowest BCUT2D eigenvalue weighted by Gasteiger charge is -2.16. The van der Waals surface area contributed by atoms with Crippen LogP contribution in [0.4, 0.5) is 14.6 Å². The molecule has 2 aromatic rings. The fourth-order valence-electron chi connectivity index (χ4n) is 3.65. The van der Waals surface area contributed by atoms with Gasteiger partial charge in [0, 0.05) is 36.7 Å². The fourth-order valence-corrected chi connectivity index (χ4v) is 3.65. The summed E-state index contributed by atoms with van der Waals surface area (Å²) in [5.41, 5.74) is 3.14. The highest BCUT2D eigenvalue weighted by Gasteiger charge is 2.61. The molecule has 180 valence electrons.